The Bertz CT molecular complexity index is 369. The van der Waals surface area contributed by atoms with Crippen LogP contribution in [0.2, 0.25) is 0 Å². The molecule has 0 atom stereocenters. The highest BCUT2D eigenvalue weighted by atomic mass is 16.7. The van der Waals surface area contributed by atoms with E-state index < -0.39 is 18.0 Å². The molecule has 0 unspecified atom stereocenters. The van der Waals surface area contributed by atoms with Gasteiger partial charge in [0, 0.05) is 12.2 Å². The Hall–Kier alpha value is -1.40. The van der Waals surface area contributed by atoms with Gasteiger partial charge in [-0.05, 0) is 18.8 Å². The fourth-order valence-corrected chi connectivity index (χ4v) is 1.78. The van der Waals surface area contributed by atoms with E-state index in [1.165, 1.54) is 0 Å². The lowest BCUT2D eigenvalue weighted by molar-refractivity contribution is -0.225. The van der Waals surface area contributed by atoms with Crippen molar-refractivity contribution in [3.63, 3.8) is 0 Å². The number of hydrogen-bond acceptors (Lipinski definition) is 6. The van der Waals surface area contributed by atoms with Gasteiger partial charge in [-0.1, -0.05) is 27.2 Å². The summed E-state index contributed by atoms with van der Waals surface area (Å²) >= 11 is 0. The fraction of sp³-hybridized carbons (Fsp3) is 0.750. The van der Waals surface area contributed by atoms with Crippen LogP contribution >= 0.6 is 0 Å². The zero-order valence-corrected chi connectivity index (χ0v) is 13.6. The van der Waals surface area contributed by atoms with Crippen LogP contribution in [0.5, 0.6) is 0 Å². The average Bonchev–Trinajstić information content (AvgIpc) is 2.47. The maximum Gasteiger partial charge on any atom is 0.331 e. The van der Waals surface area contributed by atoms with E-state index in [4.69, 9.17) is 18.9 Å². The first-order valence-corrected chi connectivity index (χ1v) is 7.80. The summed E-state index contributed by atoms with van der Waals surface area (Å²) in [5, 5.41) is 0. The molecule has 1 aliphatic rings. The topological polar surface area (TPSA) is 71.1 Å². The number of hydrogen-bond donors (Lipinski definition) is 0. The second-order valence-corrected chi connectivity index (χ2v) is 5.63. The minimum Gasteiger partial charge on any atom is -0.463 e. The van der Waals surface area contributed by atoms with Crippen molar-refractivity contribution in [3.05, 3.63) is 12.2 Å². The highest BCUT2D eigenvalue weighted by Gasteiger charge is 2.23. The van der Waals surface area contributed by atoms with Crippen LogP contribution in [-0.2, 0) is 28.5 Å². The molecule has 0 radical (unpaired) electrons. The van der Waals surface area contributed by atoms with Crippen molar-refractivity contribution in [1.82, 2.24) is 0 Å². The van der Waals surface area contributed by atoms with E-state index in [0.717, 1.165) is 31.4 Å². The van der Waals surface area contributed by atoms with E-state index in [9.17, 15) is 9.59 Å². The van der Waals surface area contributed by atoms with Gasteiger partial charge in [-0.25, -0.2) is 9.59 Å². The lowest BCUT2D eigenvalue weighted by Crippen LogP contribution is -2.38. The summed E-state index contributed by atoms with van der Waals surface area (Å²) < 4.78 is 20.9. The molecule has 1 rings (SSSR count). The maximum absolute atomic E-state index is 11.6. The standard InChI is InChI=1S/C16H26O6/c1-4-5-16-20-10-13(11-21-16)22-15(18)7-6-14(17)19-9-8-12(2)3/h6-7,12-13,16H,4-5,8-11H2,1-3H3. The molecule has 1 aliphatic heterocycles. The van der Waals surface area contributed by atoms with Crippen molar-refractivity contribution < 1.29 is 28.5 Å². The van der Waals surface area contributed by atoms with E-state index >= 15 is 0 Å². The van der Waals surface area contributed by atoms with Crippen LogP contribution in [0.3, 0.4) is 0 Å². The molecule has 1 heterocycles. The molecule has 0 spiro atoms. The monoisotopic (exact) mass is 314 g/mol. The second kappa shape index (κ2) is 10.3. The Morgan fingerprint density at radius 2 is 1.82 bits per heavy atom. The minimum absolute atomic E-state index is 0.216. The van der Waals surface area contributed by atoms with Crippen LogP contribution in [0.15, 0.2) is 12.2 Å². The van der Waals surface area contributed by atoms with Crippen molar-refractivity contribution in [2.75, 3.05) is 19.8 Å². The molecule has 0 aromatic carbocycles. The minimum atomic E-state index is -0.605. The highest BCUT2D eigenvalue weighted by molar-refractivity contribution is 5.91. The van der Waals surface area contributed by atoms with Crippen LogP contribution in [0.25, 0.3) is 0 Å². The molecule has 6 heteroatoms. The molecule has 0 saturated carbocycles. The van der Waals surface area contributed by atoms with Gasteiger partial charge in [0.15, 0.2) is 6.29 Å². The summed E-state index contributed by atoms with van der Waals surface area (Å²) in [5.74, 6) is -0.687. The van der Waals surface area contributed by atoms with Gasteiger partial charge in [-0.15, -0.1) is 0 Å². The molecule has 22 heavy (non-hydrogen) atoms. The predicted molar refractivity (Wildman–Crippen MR) is 80.0 cm³/mol. The molecular weight excluding hydrogens is 288 g/mol. The van der Waals surface area contributed by atoms with Crippen molar-refractivity contribution in [2.45, 2.75) is 52.4 Å². The first kappa shape index (κ1) is 18.6. The highest BCUT2D eigenvalue weighted by Crippen LogP contribution is 2.13. The van der Waals surface area contributed by atoms with Gasteiger partial charge in [0.1, 0.15) is 6.10 Å². The molecule has 126 valence electrons. The molecule has 0 aromatic heterocycles. The average molecular weight is 314 g/mol. The van der Waals surface area contributed by atoms with E-state index in [0.29, 0.717) is 25.7 Å². The summed E-state index contributed by atoms with van der Waals surface area (Å²) in [7, 11) is 0. The maximum atomic E-state index is 11.6. The van der Waals surface area contributed by atoms with Gasteiger partial charge in [0.25, 0.3) is 0 Å². The summed E-state index contributed by atoms with van der Waals surface area (Å²) in [6.45, 7) is 7.09. The van der Waals surface area contributed by atoms with E-state index in [2.05, 4.69) is 0 Å². The third-order valence-electron chi connectivity index (χ3n) is 3.04. The number of carbonyl (C=O) groups excluding carboxylic acids is 2. The van der Waals surface area contributed by atoms with Gasteiger partial charge in [-0.2, -0.15) is 0 Å². The van der Waals surface area contributed by atoms with Crippen LogP contribution in [0.1, 0.15) is 40.0 Å². The van der Waals surface area contributed by atoms with Crippen molar-refractivity contribution in [3.8, 4) is 0 Å². The van der Waals surface area contributed by atoms with Gasteiger partial charge in [0.05, 0.1) is 19.8 Å². The van der Waals surface area contributed by atoms with Crippen LogP contribution < -0.4 is 0 Å². The number of rotatable bonds is 8. The van der Waals surface area contributed by atoms with Gasteiger partial charge in [-0.3, -0.25) is 0 Å². The third-order valence-corrected chi connectivity index (χ3v) is 3.04. The van der Waals surface area contributed by atoms with Gasteiger partial charge >= 0.3 is 11.9 Å². The zero-order chi connectivity index (χ0) is 16.4. The Labute approximate surface area is 131 Å². The lowest BCUT2D eigenvalue weighted by atomic mass is 10.1. The molecule has 0 bridgehead atoms. The van der Waals surface area contributed by atoms with E-state index in [1.807, 2.05) is 20.8 Å². The molecule has 1 saturated heterocycles. The SMILES string of the molecule is CCCC1OCC(OC(=O)C=CC(=O)OCCC(C)C)CO1. The lowest BCUT2D eigenvalue weighted by Gasteiger charge is -2.28. The molecule has 6 nitrogen and oxygen atoms in total. The first-order valence-electron chi connectivity index (χ1n) is 7.80. The molecule has 1 fully saturated rings. The summed E-state index contributed by atoms with van der Waals surface area (Å²) in [5.41, 5.74) is 0. The van der Waals surface area contributed by atoms with Gasteiger partial charge in [0.2, 0.25) is 0 Å². The fourth-order valence-electron chi connectivity index (χ4n) is 1.78. The number of ether oxygens (including phenoxy) is 4. The molecule has 0 aliphatic carbocycles. The summed E-state index contributed by atoms with van der Waals surface area (Å²) in [6.07, 6.45) is 4.07. The van der Waals surface area contributed by atoms with Crippen molar-refractivity contribution in [2.24, 2.45) is 5.92 Å². The first-order chi connectivity index (χ1) is 10.5. The second-order valence-electron chi connectivity index (χ2n) is 5.63. The normalized spacial score (nSPS) is 22.0. The van der Waals surface area contributed by atoms with Crippen molar-refractivity contribution in [1.29, 1.82) is 0 Å². The Morgan fingerprint density at radius 3 is 2.41 bits per heavy atom. The number of esters is 2. The molecular formula is C16H26O6. The quantitative estimate of drug-likeness (QED) is 0.505. The Balaban J connectivity index is 2.20. The van der Waals surface area contributed by atoms with Crippen LogP contribution in [0.4, 0.5) is 0 Å². The predicted octanol–water partition coefficient (Wildman–Crippen LogP) is 2.22. The molecule has 0 amide bonds. The smallest absolute Gasteiger partial charge is 0.331 e. The van der Waals surface area contributed by atoms with Gasteiger partial charge < -0.3 is 18.9 Å². The van der Waals surface area contributed by atoms with E-state index in [-0.39, 0.29) is 6.29 Å². The zero-order valence-electron chi connectivity index (χ0n) is 13.6. The molecule has 0 N–H and O–H groups in total. The van der Waals surface area contributed by atoms with E-state index in [1.54, 1.807) is 0 Å². The number of carbonyl (C=O) groups is 2. The van der Waals surface area contributed by atoms with Crippen LogP contribution in [0, 0.1) is 5.92 Å². The Morgan fingerprint density at radius 1 is 1.18 bits per heavy atom. The third kappa shape index (κ3) is 8.14. The van der Waals surface area contributed by atoms with Crippen molar-refractivity contribution >= 4 is 11.9 Å². The molecule has 0 aromatic rings. The Kier molecular flexibility index (Phi) is 8.77. The summed E-state index contributed by atoms with van der Waals surface area (Å²) in [6, 6.07) is 0. The largest absolute Gasteiger partial charge is 0.463 e. The van der Waals surface area contributed by atoms with Crippen LogP contribution in [-0.4, -0.2) is 44.2 Å². The summed E-state index contributed by atoms with van der Waals surface area (Å²) in [4.78, 5) is 22.9.